The van der Waals surface area contributed by atoms with Gasteiger partial charge in [0, 0.05) is 46.6 Å². The van der Waals surface area contributed by atoms with E-state index in [1.165, 1.54) is 4.57 Å². The molecule has 0 aliphatic heterocycles. The summed E-state index contributed by atoms with van der Waals surface area (Å²) in [7, 11) is 3.49. The lowest BCUT2D eigenvalue weighted by molar-refractivity contribution is -0.153. The normalized spacial score (nSPS) is 11.2. The lowest BCUT2D eigenvalue weighted by Crippen LogP contribution is -2.20. The van der Waals surface area contributed by atoms with Crippen LogP contribution in [0.5, 0.6) is 0 Å². The Bertz CT molecular complexity index is 1570. The van der Waals surface area contributed by atoms with E-state index in [0.717, 1.165) is 10.9 Å². The Kier molecular flexibility index (Phi) is 6.34. The molecule has 0 N–H and O–H groups in total. The zero-order chi connectivity index (χ0) is 24.7. The number of pyridine rings is 1. The summed E-state index contributed by atoms with van der Waals surface area (Å²) in [6.07, 6.45) is -0.584. The Labute approximate surface area is 204 Å². The maximum atomic E-state index is 13.2. The Morgan fingerprint density at radius 2 is 1.65 bits per heavy atom. The van der Waals surface area contributed by atoms with Crippen molar-refractivity contribution in [1.29, 1.82) is 0 Å². The van der Waals surface area contributed by atoms with Crippen LogP contribution < -0.4 is 5.56 Å². The van der Waals surface area contributed by atoms with Crippen molar-refractivity contribution in [2.24, 2.45) is 14.1 Å². The van der Waals surface area contributed by atoms with Crippen molar-refractivity contribution >= 4 is 62.7 Å². The maximum Gasteiger partial charge on any atom is 0.375 e. The number of aryl methyl sites for hydroxylation is 2. The molecule has 0 unspecified atom stereocenters. The smallest absolute Gasteiger partial charge is 0.375 e. The zero-order valence-corrected chi connectivity index (χ0v) is 20.2. The first-order chi connectivity index (χ1) is 16.1. The molecule has 174 valence electrons. The molecule has 7 nitrogen and oxygen atoms in total. The van der Waals surface area contributed by atoms with Crippen molar-refractivity contribution in [3.05, 3.63) is 68.4 Å². The van der Waals surface area contributed by atoms with E-state index in [-0.39, 0.29) is 17.7 Å². The Morgan fingerprint density at radius 1 is 0.912 bits per heavy atom. The van der Waals surface area contributed by atoms with E-state index < -0.39 is 24.0 Å². The number of halogens is 2. The number of hydrogen-bond acceptors (Lipinski definition) is 5. The van der Waals surface area contributed by atoms with Crippen LogP contribution in [-0.2, 0) is 28.4 Å². The molecule has 0 saturated heterocycles. The van der Waals surface area contributed by atoms with Crippen LogP contribution in [0.25, 0.3) is 33.1 Å². The molecule has 4 aromatic rings. The first kappa shape index (κ1) is 23.7. The molecule has 4 rings (SSSR count). The number of ketones is 2. The van der Waals surface area contributed by atoms with Crippen LogP contribution >= 0.6 is 23.2 Å². The third-order valence-electron chi connectivity index (χ3n) is 5.72. The molecule has 2 heterocycles. The second kappa shape index (κ2) is 9.08. The maximum absolute atomic E-state index is 13.2. The summed E-state index contributed by atoms with van der Waals surface area (Å²) in [6, 6.07) is 11.7. The first-order valence-corrected chi connectivity index (χ1v) is 11.2. The predicted octanol–water partition coefficient (Wildman–Crippen LogP) is 4.71. The summed E-state index contributed by atoms with van der Waals surface area (Å²) < 4.78 is 8.06. The van der Waals surface area contributed by atoms with Gasteiger partial charge in [-0.1, -0.05) is 29.3 Å². The summed E-state index contributed by atoms with van der Waals surface area (Å²) >= 11 is 12.4. The van der Waals surface area contributed by atoms with E-state index in [9.17, 15) is 19.2 Å². The van der Waals surface area contributed by atoms with Crippen LogP contribution in [0.1, 0.15) is 23.7 Å². The fourth-order valence-electron chi connectivity index (χ4n) is 4.10. The van der Waals surface area contributed by atoms with Crippen LogP contribution in [0.15, 0.2) is 47.3 Å². The van der Waals surface area contributed by atoms with Crippen LogP contribution in [0.4, 0.5) is 0 Å². The van der Waals surface area contributed by atoms with E-state index in [1.54, 1.807) is 56.4 Å². The van der Waals surface area contributed by atoms with E-state index in [4.69, 9.17) is 23.2 Å². The van der Waals surface area contributed by atoms with Crippen molar-refractivity contribution < 1.29 is 19.1 Å². The molecule has 0 atom stereocenters. The number of rotatable bonds is 6. The highest BCUT2D eigenvalue weighted by Gasteiger charge is 2.22. The van der Waals surface area contributed by atoms with Crippen molar-refractivity contribution in [2.75, 3.05) is 6.61 Å². The molecule has 0 amide bonds. The van der Waals surface area contributed by atoms with Gasteiger partial charge in [-0.2, -0.15) is 0 Å². The number of carbonyl (C=O) groups is 3. The summed E-state index contributed by atoms with van der Waals surface area (Å²) in [4.78, 5) is 49.5. The number of nitrogens with zero attached hydrogens (tertiary/aromatic N) is 2. The molecule has 0 saturated carbocycles. The highest BCUT2D eigenvalue weighted by molar-refractivity contribution is 6.38. The predicted molar refractivity (Wildman–Crippen MR) is 132 cm³/mol. The van der Waals surface area contributed by atoms with E-state index in [1.807, 2.05) is 11.6 Å². The average Bonchev–Trinajstić information content (AvgIpc) is 3.08. The van der Waals surface area contributed by atoms with Gasteiger partial charge in [0.2, 0.25) is 5.78 Å². The molecule has 2 aromatic carbocycles. The SMILES string of the molecule is CCOC(=O)C(=O)CC(=O)c1ccc2c(c1)c1cc(-c3ccc(Cl)cc3Cl)c(=O)n(C)c1n2C. The lowest BCUT2D eigenvalue weighted by atomic mass is 10.0. The number of hydrogen-bond donors (Lipinski definition) is 0. The minimum absolute atomic E-state index is 0.0550. The Balaban J connectivity index is 1.88. The highest BCUT2D eigenvalue weighted by atomic mass is 35.5. The molecule has 2 aromatic heterocycles. The zero-order valence-electron chi connectivity index (χ0n) is 18.6. The molecule has 0 bridgehead atoms. The van der Waals surface area contributed by atoms with Gasteiger partial charge in [-0.3, -0.25) is 19.0 Å². The Morgan fingerprint density at radius 3 is 2.32 bits per heavy atom. The number of benzene rings is 2. The van der Waals surface area contributed by atoms with Crippen LogP contribution in [-0.4, -0.2) is 33.3 Å². The molecule has 34 heavy (non-hydrogen) atoms. The third-order valence-corrected chi connectivity index (χ3v) is 6.26. The van der Waals surface area contributed by atoms with Gasteiger partial charge < -0.3 is 9.30 Å². The van der Waals surface area contributed by atoms with Gasteiger partial charge in [0.15, 0.2) is 5.78 Å². The molecular weight excluding hydrogens is 479 g/mol. The number of ether oxygens (including phenoxy) is 1. The van der Waals surface area contributed by atoms with Gasteiger partial charge in [0.05, 0.1) is 23.6 Å². The van der Waals surface area contributed by atoms with Crippen LogP contribution in [0.2, 0.25) is 10.0 Å². The number of fused-ring (bicyclic) bond motifs is 3. The summed E-state index contributed by atoms with van der Waals surface area (Å²) in [5, 5.41) is 2.25. The Hall–Kier alpha value is -3.42. The van der Waals surface area contributed by atoms with Gasteiger partial charge in [-0.15, -0.1) is 0 Å². The topological polar surface area (TPSA) is 87.4 Å². The van der Waals surface area contributed by atoms with Gasteiger partial charge >= 0.3 is 5.97 Å². The third kappa shape index (κ3) is 4.02. The summed E-state index contributed by atoms with van der Waals surface area (Å²) in [6.45, 7) is 1.64. The molecular formula is C25H20Cl2N2O5. The van der Waals surface area contributed by atoms with Crippen molar-refractivity contribution in [3.63, 3.8) is 0 Å². The molecule has 0 spiro atoms. The second-order valence-corrected chi connectivity index (χ2v) is 8.66. The van der Waals surface area contributed by atoms with Crippen molar-refractivity contribution in [1.82, 2.24) is 9.13 Å². The fourth-order valence-corrected chi connectivity index (χ4v) is 4.61. The van der Waals surface area contributed by atoms with Gasteiger partial charge in [-0.25, -0.2) is 4.79 Å². The van der Waals surface area contributed by atoms with E-state index in [0.29, 0.717) is 32.2 Å². The van der Waals surface area contributed by atoms with Gasteiger partial charge in [-0.05, 0) is 43.3 Å². The first-order valence-electron chi connectivity index (χ1n) is 10.4. The minimum atomic E-state index is -1.03. The second-order valence-electron chi connectivity index (χ2n) is 7.82. The highest BCUT2D eigenvalue weighted by Crippen LogP contribution is 2.34. The number of esters is 1. The monoisotopic (exact) mass is 498 g/mol. The molecule has 0 radical (unpaired) electrons. The lowest BCUT2D eigenvalue weighted by Gasteiger charge is -2.09. The van der Waals surface area contributed by atoms with E-state index in [2.05, 4.69) is 4.74 Å². The van der Waals surface area contributed by atoms with Crippen molar-refractivity contribution in [2.45, 2.75) is 13.3 Å². The minimum Gasteiger partial charge on any atom is -0.460 e. The largest absolute Gasteiger partial charge is 0.460 e. The van der Waals surface area contributed by atoms with Crippen LogP contribution in [0, 0.1) is 0 Å². The number of Topliss-reactive ketones (excluding diaryl/α,β-unsaturated/α-hetero) is 2. The van der Waals surface area contributed by atoms with Gasteiger partial charge in [0.25, 0.3) is 5.56 Å². The van der Waals surface area contributed by atoms with Gasteiger partial charge in [0.1, 0.15) is 5.65 Å². The fraction of sp³-hybridized carbons (Fsp3) is 0.200. The van der Waals surface area contributed by atoms with E-state index >= 15 is 0 Å². The van der Waals surface area contributed by atoms with Crippen LogP contribution in [0.3, 0.4) is 0 Å². The number of aromatic nitrogens is 2. The standard InChI is InChI=1S/C25H20Cl2N2O5/c1-4-34-25(33)22(31)12-21(30)13-5-8-20-16(9-13)17-11-18(15-7-6-14(26)10-19(15)27)24(32)29(3)23(17)28(20)2/h5-11H,4,12H2,1-3H3. The summed E-state index contributed by atoms with van der Waals surface area (Å²) in [5.41, 5.74) is 2.41. The summed E-state index contributed by atoms with van der Waals surface area (Å²) in [5.74, 6) is -2.42. The molecule has 0 aliphatic rings. The molecule has 0 aliphatic carbocycles. The average molecular weight is 499 g/mol. The number of carbonyl (C=O) groups excluding carboxylic acids is 3. The molecule has 0 fully saturated rings. The van der Waals surface area contributed by atoms with Crippen molar-refractivity contribution in [3.8, 4) is 11.1 Å². The quantitative estimate of drug-likeness (QED) is 0.166. The molecule has 9 heteroatoms.